The van der Waals surface area contributed by atoms with Gasteiger partial charge >= 0.3 is 5.97 Å². The first-order chi connectivity index (χ1) is 16.1. The predicted octanol–water partition coefficient (Wildman–Crippen LogP) is 5.44. The number of ether oxygens (including phenoxy) is 2. The van der Waals surface area contributed by atoms with Gasteiger partial charge in [0.25, 0.3) is 0 Å². The van der Waals surface area contributed by atoms with Gasteiger partial charge in [0.1, 0.15) is 36.2 Å². The first kappa shape index (κ1) is 21.9. The second-order valence-electron chi connectivity index (χ2n) is 6.99. The van der Waals surface area contributed by atoms with Crippen LogP contribution in [-0.4, -0.2) is 27.7 Å². The van der Waals surface area contributed by atoms with Crippen LogP contribution in [0.15, 0.2) is 78.6 Å². The lowest BCUT2D eigenvalue weighted by atomic mass is 10.2. The van der Waals surface area contributed by atoms with Crippen LogP contribution in [0.3, 0.4) is 0 Å². The highest BCUT2D eigenvalue weighted by Gasteiger charge is 2.18. The number of para-hydroxylation sites is 3. The number of aromatic nitrogens is 2. The number of imidazole rings is 1. The summed E-state index contributed by atoms with van der Waals surface area (Å²) < 4.78 is 11.0. The van der Waals surface area contributed by atoms with E-state index in [1.807, 2.05) is 36.4 Å². The van der Waals surface area contributed by atoms with E-state index in [1.54, 1.807) is 42.5 Å². The van der Waals surface area contributed by atoms with Crippen LogP contribution in [0.2, 0.25) is 5.02 Å². The molecule has 2 N–H and O–H groups in total. The average molecular weight is 460 g/mol. The Kier molecular flexibility index (Phi) is 6.58. The maximum atomic E-state index is 12.7. The number of hydrogen-bond donors (Lipinski definition) is 2. The first-order valence-electron chi connectivity index (χ1n) is 9.96. The van der Waals surface area contributed by atoms with Crippen molar-refractivity contribution in [1.82, 2.24) is 9.97 Å². The third-order valence-corrected chi connectivity index (χ3v) is 5.18. The molecule has 3 aromatic carbocycles. The van der Waals surface area contributed by atoms with Crippen molar-refractivity contribution in [1.29, 1.82) is 5.26 Å². The van der Waals surface area contributed by atoms with Gasteiger partial charge in [0.15, 0.2) is 11.6 Å². The number of H-pyrrole nitrogens is 1. The number of aliphatic hydroxyl groups is 1. The van der Waals surface area contributed by atoms with Gasteiger partial charge in [0, 0.05) is 10.6 Å². The van der Waals surface area contributed by atoms with Gasteiger partial charge in [-0.2, -0.15) is 5.26 Å². The fraction of sp³-hybridized carbons (Fsp3) is 0.0800. The van der Waals surface area contributed by atoms with Crippen molar-refractivity contribution in [2.45, 2.75) is 6.61 Å². The highest BCUT2D eigenvalue weighted by atomic mass is 35.5. The van der Waals surface area contributed by atoms with E-state index in [-0.39, 0.29) is 23.6 Å². The van der Waals surface area contributed by atoms with Crippen LogP contribution in [0.4, 0.5) is 0 Å². The second kappa shape index (κ2) is 9.90. The van der Waals surface area contributed by atoms with Crippen LogP contribution in [0.5, 0.6) is 5.75 Å². The quantitative estimate of drug-likeness (QED) is 0.216. The van der Waals surface area contributed by atoms with E-state index >= 15 is 0 Å². The van der Waals surface area contributed by atoms with Gasteiger partial charge in [-0.15, -0.1) is 0 Å². The van der Waals surface area contributed by atoms with Crippen LogP contribution in [0, 0.1) is 11.3 Å². The molecule has 0 atom stereocenters. The molecule has 0 unspecified atom stereocenters. The van der Waals surface area contributed by atoms with E-state index in [2.05, 4.69) is 9.97 Å². The molecule has 0 saturated carbocycles. The van der Waals surface area contributed by atoms with Gasteiger partial charge in [-0.1, -0.05) is 54.1 Å². The number of aromatic amines is 1. The molecule has 7 nitrogen and oxygen atoms in total. The largest absolute Gasteiger partial charge is 0.507 e. The molecule has 0 bridgehead atoms. The summed E-state index contributed by atoms with van der Waals surface area (Å²) in [5, 5.41) is 20.5. The number of halogens is 1. The molecule has 164 valence electrons. The molecule has 33 heavy (non-hydrogen) atoms. The highest BCUT2D eigenvalue weighted by molar-refractivity contribution is 6.31. The van der Waals surface area contributed by atoms with Crippen molar-refractivity contribution < 1.29 is 19.4 Å². The monoisotopic (exact) mass is 459 g/mol. The van der Waals surface area contributed by atoms with Crippen molar-refractivity contribution in [3.63, 3.8) is 0 Å². The van der Waals surface area contributed by atoms with E-state index < -0.39 is 18.3 Å². The third-order valence-electron chi connectivity index (χ3n) is 4.81. The Morgan fingerprint density at radius 1 is 1.06 bits per heavy atom. The van der Waals surface area contributed by atoms with Gasteiger partial charge in [0.05, 0.1) is 11.0 Å². The topological polar surface area (TPSA) is 108 Å². The molecule has 0 radical (unpaired) electrons. The van der Waals surface area contributed by atoms with Crippen molar-refractivity contribution in [2.75, 3.05) is 6.61 Å². The van der Waals surface area contributed by atoms with E-state index in [0.717, 1.165) is 11.1 Å². The zero-order chi connectivity index (χ0) is 23.2. The minimum Gasteiger partial charge on any atom is -0.507 e. The lowest BCUT2D eigenvalue weighted by molar-refractivity contribution is 0.0497. The van der Waals surface area contributed by atoms with E-state index in [1.165, 1.54) is 0 Å². The molecule has 0 aliphatic heterocycles. The number of esters is 1. The van der Waals surface area contributed by atoms with Gasteiger partial charge in [-0.25, -0.2) is 9.78 Å². The lowest BCUT2D eigenvalue weighted by Crippen LogP contribution is -2.11. The average Bonchev–Trinajstić information content (AvgIpc) is 3.26. The Hall–Kier alpha value is -4.28. The number of benzene rings is 3. The minimum absolute atomic E-state index is 0.109. The Labute approximate surface area is 194 Å². The number of aliphatic hydroxyl groups excluding tert-OH is 1. The van der Waals surface area contributed by atoms with Crippen LogP contribution < -0.4 is 4.74 Å². The zero-order valence-electron chi connectivity index (χ0n) is 17.3. The predicted molar refractivity (Wildman–Crippen MR) is 124 cm³/mol. The number of allylic oxidation sites excluding steroid dienone is 1. The minimum atomic E-state index is -0.710. The molecule has 0 saturated heterocycles. The number of rotatable bonds is 7. The van der Waals surface area contributed by atoms with E-state index in [0.29, 0.717) is 16.3 Å². The second-order valence-corrected chi connectivity index (χ2v) is 7.40. The van der Waals surface area contributed by atoms with Gasteiger partial charge in [-0.05, 0) is 30.3 Å². The molecule has 4 aromatic rings. The standard InChI is InChI=1S/C25H18ClN3O4/c26-19-9-3-1-7-16(19)14-32-23-12-6-2-8-17(23)25(31)33-15-22(30)18(13-27)24-28-20-10-4-5-11-21(20)29-24/h1-12,30H,14-15H2,(H,28,29). The van der Waals surface area contributed by atoms with E-state index in [9.17, 15) is 15.2 Å². The van der Waals surface area contributed by atoms with Crippen LogP contribution in [0.1, 0.15) is 21.7 Å². The Balaban J connectivity index is 1.48. The van der Waals surface area contributed by atoms with Gasteiger partial charge in [-0.3, -0.25) is 0 Å². The van der Waals surface area contributed by atoms with Gasteiger partial charge in [0.2, 0.25) is 0 Å². The molecule has 0 spiro atoms. The number of nitrogens with zero attached hydrogens (tertiary/aromatic N) is 2. The molecular formula is C25H18ClN3O4. The lowest BCUT2D eigenvalue weighted by Gasteiger charge is -2.12. The molecule has 4 rings (SSSR count). The summed E-state index contributed by atoms with van der Waals surface area (Å²) in [6.07, 6.45) is 0. The van der Waals surface area contributed by atoms with Crippen LogP contribution in [0.25, 0.3) is 16.6 Å². The van der Waals surface area contributed by atoms with Crippen molar-refractivity contribution in [3.05, 3.63) is 101 Å². The highest BCUT2D eigenvalue weighted by Crippen LogP contribution is 2.24. The SMILES string of the molecule is N#CC(=C(O)COC(=O)c1ccccc1OCc1ccccc1Cl)c1nc2ccccc2[nH]1. The Bertz CT molecular complexity index is 1350. The fourth-order valence-corrected chi connectivity index (χ4v) is 3.33. The molecule has 0 fully saturated rings. The number of carbonyl (C=O) groups is 1. The number of nitriles is 1. The summed E-state index contributed by atoms with van der Waals surface area (Å²) in [6, 6.07) is 23.0. The summed E-state index contributed by atoms with van der Waals surface area (Å²) in [7, 11) is 0. The van der Waals surface area contributed by atoms with Gasteiger partial charge < -0.3 is 19.6 Å². The molecule has 1 aromatic heterocycles. The van der Waals surface area contributed by atoms with Crippen molar-refractivity contribution in [2.24, 2.45) is 0 Å². The summed E-state index contributed by atoms with van der Waals surface area (Å²) in [5.74, 6) is -0.628. The summed E-state index contributed by atoms with van der Waals surface area (Å²) >= 11 is 6.16. The molecule has 1 heterocycles. The number of nitrogens with one attached hydrogen (secondary N) is 1. The number of carbonyl (C=O) groups excluding carboxylic acids is 1. The van der Waals surface area contributed by atoms with Crippen molar-refractivity contribution >= 4 is 34.2 Å². The molecule has 8 heteroatoms. The Morgan fingerprint density at radius 3 is 2.58 bits per heavy atom. The smallest absolute Gasteiger partial charge is 0.342 e. The Morgan fingerprint density at radius 2 is 1.79 bits per heavy atom. The maximum absolute atomic E-state index is 12.7. The van der Waals surface area contributed by atoms with Crippen LogP contribution in [-0.2, 0) is 11.3 Å². The molecular weight excluding hydrogens is 442 g/mol. The maximum Gasteiger partial charge on any atom is 0.342 e. The summed E-state index contributed by atoms with van der Waals surface area (Å²) in [4.78, 5) is 19.9. The normalized spacial score (nSPS) is 11.5. The summed E-state index contributed by atoms with van der Waals surface area (Å²) in [6.45, 7) is -0.336. The molecule has 0 aliphatic rings. The summed E-state index contributed by atoms with van der Waals surface area (Å²) in [5.41, 5.74) is 2.21. The number of hydrogen-bond acceptors (Lipinski definition) is 6. The van der Waals surface area contributed by atoms with E-state index in [4.69, 9.17) is 21.1 Å². The number of fused-ring (bicyclic) bond motifs is 1. The fourth-order valence-electron chi connectivity index (χ4n) is 3.14. The molecule has 0 aliphatic carbocycles. The van der Waals surface area contributed by atoms with Crippen molar-refractivity contribution in [3.8, 4) is 11.8 Å². The third kappa shape index (κ3) is 4.97. The molecule has 0 amide bonds. The first-order valence-corrected chi connectivity index (χ1v) is 10.3. The van der Waals surface area contributed by atoms with Crippen LogP contribution >= 0.6 is 11.6 Å². The zero-order valence-corrected chi connectivity index (χ0v) is 18.0.